The van der Waals surface area contributed by atoms with Gasteiger partial charge in [0, 0.05) is 27.7 Å². The second kappa shape index (κ2) is 13.4. The average Bonchev–Trinajstić information content (AvgIpc) is 3.45. The van der Waals surface area contributed by atoms with Crippen LogP contribution in [0.5, 0.6) is 0 Å². The number of aromatic nitrogens is 1. The van der Waals surface area contributed by atoms with Gasteiger partial charge in [-0.3, -0.25) is 14.4 Å². The molecule has 0 bridgehead atoms. The molecule has 39 heavy (non-hydrogen) atoms. The number of nitrogens with one attached hydrogen (secondary N) is 3. The molecule has 7 nitrogen and oxygen atoms in total. The number of hydrogen-bond donors (Lipinski definition) is 3. The first kappa shape index (κ1) is 28.4. The molecule has 3 aromatic carbocycles. The number of thiazole rings is 1. The lowest BCUT2D eigenvalue weighted by Crippen LogP contribution is -2.30. The number of carbonyl (C=O) groups is 3. The van der Waals surface area contributed by atoms with Gasteiger partial charge in [0.25, 0.3) is 11.8 Å². The van der Waals surface area contributed by atoms with Crippen LogP contribution in [0.2, 0.25) is 10.0 Å². The number of anilines is 2. The van der Waals surface area contributed by atoms with Gasteiger partial charge in [-0.25, -0.2) is 4.98 Å². The monoisotopic (exact) mass is 596 g/mol. The Balaban J connectivity index is 1.47. The number of rotatable bonds is 9. The van der Waals surface area contributed by atoms with E-state index in [-0.39, 0.29) is 21.9 Å². The Hall–Kier alpha value is -3.63. The number of amides is 3. The highest BCUT2D eigenvalue weighted by Crippen LogP contribution is 2.28. The standard InChI is InChI=1S/C28H22Cl2N4O3S2/c1-17(25(35)34-28-31-14-15-38-28)39-21-12-10-20(11-13-21)32-27(37)23(16-19-8-5-9-22(29)24(19)30)33-26(36)18-6-3-2-4-7-18/h2-17H,1H3,(H,32,37)(H,33,36)(H,31,34,35)/b23-16-. The number of nitrogens with zero attached hydrogens (tertiary/aromatic N) is 1. The molecule has 1 aromatic heterocycles. The van der Waals surface area contributed by atoms with E-state index >= 15 is 0 Å². The van der Waals surface area contributed by atoms with Crippen molar-refractivity contribution in [2.75, 3.05) is 10.6 Å². The van der Waals surface area contributed by atoms with E-state index in [1.807, 2.05) is 0 Å². The van der Waals surface area contributed by atoms with Crippen molar-refractivity contribution < 1.29 is 14.4 Å². The van der Waals surface area contributed by atoms with E-state index in [0.29, 0.717) is 27.0 Å². The SMILES string of the molecule is CC(Sc1ccc(NC(=O)/C(=C/c2cccc(Cl)c2Cl)NC(=O)c2ccccc2)cc1)C(=O)Nc1nccs1. The van der Waals surface area contributed by atoms with Crippen molar-refractivity contribution in [3.63, 3.8) is 0 Å². The van der Waals surface area contributed by atoms with Crippen molar-refractivity contribution >= 4 is 80.9 Å². The molecule has 0 aliphatic rings. The van der Waals surface area contributed by atoms with Gasteiger partial charge in [0.1, 0.15) is 5.70 Å². The number of carbonyl (C=O) groups excluding carboxylic acids is 3. The Morgan fingerprint density at radius 3 is 2.38 bits per heavy atom. The molecule has 0 fully saturated rings. The van der Waals surface area contributed by atoms with Gasteiger partial charge < -0.3 is 16.0 Å². The van der Waals surface area contributed by atoms with Crippen molar-refractivity contribution in [3.8, 4) is 0 Å². The predicted octanol–water partition coefficient (Wildman–Crippen LogP) is 6.98. The molecule has 0 aliphatic heterocycles. The summed E-state index contributed by atoms with van der Waals surface area (Å²) < 4.78 is 0. The van der Waals surface area contributed by atoms with Crippen LogP contribution in [-0.4, -0.2) is 28.0 Å². The molecule has 0 spiro atoms. The van der Waals surface area contributed by atoms with Crippen LogP contribution in [0.4, 0.5) is 10.8 Å². The normalized spacial score (nSPS) is 11.9. The maximum Gasteiger partial charge on any atom is 0.272 e. The average molecular weight is 598 g/mol. The van der Waals surface area contributed by atoms with E-state index < -0.39 is 11.8 Å². The predicted molar refractivity (Wildman–Crippen MR) is 159 cm³/mol. The first-order valence-corrected chi connectivity index (χ1v) is 14.1. The maximum atomic E-state index is 13.3. The van der Waals surface area contributed by atoms with Gasteiger partial charge in [-0.15, -0.1) is 23.1 Å². The van der Waals surface area contributed by atoms with Crippen LogP contribution in [0.1, 0.15) is 22.8 Å². The molecule has 0 radical (unpaired) electrons. The van der Waals surface area contributed by atoms with Crippen LogP contribution in [0.15, 0.2) is 95.0 Å². The summed E-state index contributed by atoms with van der Waals surface area (Å²) in [4.78, 5) is 43.4. The summed E-state index contributed by atoms with van der Waals surface area (Å²) in [6, 6.07) is 20.6. The Morgan fingerprint density at radius 2 is 1.69 bits per heavy atom. The molecule has 1 unspecified atom stereocenters. The number of halogens is 2. The lowest BCUT2D eigenvalue weighted by atomic mass is 10.1. The quantitative estimate of drug-likeness (QED) is 0.143. The molecule has 198 valence electrons. The Labute approximate surface area is 243 Å². The Kier molecular flexibility index (Phi) is 9.78. The first-order chi connectivity index (χ1) is 18.8. The van der Waals surface area contributed by atoms with Gasteiger partial charge in [-0.05, 0) is 61.0 Å². The molecule has 4 rings (SSSR count). The van der Waals surface area contributed by atoms with E-state index in [2.05, 4.69) is 20.9 Å². The molecule has 11 heteroatoms. The lowest BCUT2D eigenvalue weighted by molar-refractivity contribution is -0.115. The number of hydrogen-bond acceptors (Lipinski definition) is 6. The minimum Gasteiger partial charge on any atom is -0.321 e. The fraction of sp³-hybridized carbons (Fsp3) is 0.0714. The van der Waals surface area contributed by atoms with Crippen LogP contribution >= 0.6 is 46.3 Å². The molecular formula is C28H22Cl2N4O3S2. The highest BCUT2D eigenvalue weighted by molar-refractivity contribution is 8.00. The van der Waals surface area contributed by atoms with Crippen molar-refractivity contribution in [1.82, 2.24) is 10.3 Å². The van der Waals surface area contributed by atoms with E-state index in [4.69, 9.17) is 23.2 Å². The van der Waals surface area contributed by atoms with Gasteiger partial charge in [0.05, 0.1) is 15.3 Å². The molecule has 1 atom stereocenters. The fourth-order valence-corrected chi connectivity index (χ4v) is 5.06. The van der Waals surface area contributed by atoms with Crippen LogP contribution in [0, 0.1) is 0 Å². The molecule has 3 N–H and O–H groups in total. The van der Waals surface area contributed by atoms with Gasteiger partial charge >= 0.3 is 0 Å². The van der Waals surface area contributed by atoms with Crippen molar-refractivity contribution in [3.05, 3.63) is 111 Å². The van der Waals surface area contributed by atoms with Crippen molar-refractivity contribution in [1.29, 1.82) is 0 Å². The first-order valence-electron chi connectivity index (χ1n) is 11.6. The van der Waals surface area contributed by atoms with Crippen molar-refractivity contribution in [2.24, 2.45) is 0 Å². The highest BCUT2D eigenvalue weighted by Gasteiger charge is 2.18. The van der Waals surface area contributed by atoms with Crippen LogP contribution in [-0.2, 0) is 9.59 Å². The van der Waals surface area contributed by atoms with Gasteiger partial charge in [0.2, 0.25) is 5.91 Å². The molecular weight excluding hydrogens is 575 g/mol. The molecule has 0 aliphatic carbocycles. The summed E-state index contributed by atoms with van der Waals surface area (Å²) in [7, 11) is 0. The largest absolute Gasteiger partial charge is 0.321 e. The highest BCUT2D eigenvalue weighted by atomic mass is 35.5. The van der Waals surface area contributed by atoms with E-state index in [0.717, 1.165) is 4.90 Å². The number of thioether (sulfide) groups is 1. The third-order valence-electron chi connectivity index (χ3n) is 5.27. The van der Waals surface area contributed by atoms with Gasteiger partial charge in [-0.1, -0.05) is 53.5 Å². The fourth-order valence-electron chi connectivity index (χ4n) is 3.29. The molecule has 3 amide bonds. The minimum atomic E-state index is -0.549. The summed E-state index contributed by atoms with van der Waals surface area (Å²) in [5, 5.41) is 10.8. The topological polar surface area (TPSA) is 100 Å². The molecule has 0 saturated heterocycles. The maximum absolute atomic E-state index is 13.3. The summed E-state index contributed by atoms with van der Waals surface area (Å²) >= 11 is 15.2. The van der Waals surface area contributed by atoms with E-state index in [1.165, 1.54) is 29.2 Å². The van der Waals surface area contributed by atoms with E-state index in [1.54, 1.807) is 91.3 Å². The Bertz CT molecular complexity index is 1500. The zero-order valence-corrected chi connectivity index (χ0v) is 23.6. The molecule has 4 aromatic rings. The van der Waals surface area contributed by atoms with Crippen LogP contribution < -0.4 is 16.0 Å². The van der Waals surface area contributed by atoms with Crippen molar-refractivity contribution in [2.45, 2.75) is 17.1 Å². The summed E-state index contributed by atoms with van der Waals surface area (Å²) in [6.07, 6.45) is 3.10. The smallest absolute Gasteiger partial charge is 0.272 e. The summed E-state index contributed by atoms with van der Waals surface area (Å²) in [6.45, 7) is 1.80. The molecule has 0 saturated carbocycles. The summed E-state index contributed by atoms with van der Waals surface area (Å²) in [5.41, 5.74) is 1.35. The second-order valence-corrected chi connectivity index (χ2v) is 11.2. The molecule has 1 heterocycles. The zero-order chi connectivity index (χ0) is 27.8. The third kappa shape index (κ3) is 7.93. The second-order valence-electron chi connectivity index (χ2n) is 8.09. The Morgan fingerprint density at radius 1 is 0.949 bits per heavy atom. The van der Waals surface area contributed by atoms with Crippen LogP contribution in [0.3, 0.4) is 0 Å². The van der Waals surface area contributed by atoms with Gasteiger partial charge in [0.15, 0.2) is 5.13 Å². The third-order valence-corrected chi connectivity index (χ3v) is 7.90. The zero-order valence-electron chi connectivity index (χ0n) is 20.5. The summed E-state index contributed by atoms with van der Waals surface area (Å²) in [5.74, 6) is -1.16. The van der Waals surface area contributed by atoms with E-state index in [9.17, 15) is 14.4 Å². The van der Waals surface area contributed by atoms with Gasteiger partial charge in [-0.2, -0.15) is 0 Å². The van der Waals surface area contributed by atoms with Crippen LogP contribution in [0.25, 0.3) is 6.08 Å². The minimum absolute atomic E-state index is 0.0149. The lowest BCUT2D eigenvalue weighted by Gasteiger charge is -2.13. The number of benzene rings is 3.